The van der Waals surface area contributed by atoms with Gasteiger partial charge in [-0.05, 0) is 32.9 Å². The van der Waals surface area contributed by atoms with Crippen molar-refractivity contribution in [3.63, 3.8) is 0 Å². The molecule has 0 N–H and O–H groups in total. The Labute approximate surface area is 140 Å². The summed E-state index contributed by atoms with van der Waals surface area (Å²) >= 11 is 1.50. The molecule has 0 aliphatic carbocycles. The Kier molecular flexibility index (Phi) is 6.20. The van der Waals surface area contributed by atoms with Crippen LogP contribution in [0.4, 0.5) is 0 Å². The van der Waals surface area contributed by atoms with Gasteiger partial charge >= 0.3 is 0 Å². The van der Waals surface area contributed by atoms with Crippen molar-refractivity contribution in [1.29, 1.82) is 5.26 Å². The van der Waals surface area contributed by atoms with E-state index in [-0.39, 0.29) is 5.78 Å². The summed E-state index contributed by atoms with van der Waals surface area (Å²) in [6.07, 6.45) is 1.56. The van der Waals surface area contributed by atoms with Crippen molar-refractivity contribution in [2.75, 3.05) is 19.0 Å². The first-order valence-corrected chi connectivity index (χ1v) is 8.52. The van der Waals surface area contributed by atoms with Crippen LogP contribution in [0.15, 0.2) is 39.1 Å². The summed E-state index contributed by atoms with van der Waals surface area (Å²) in [4.78, 5) is 16.6. The van der Waals surface area contributed by atoms with Crippen molar-refractivity contribution in [3.8, 4) is 6.07 Å². The van der Waals surface area contributed by atoms with Gasteiger partial charge in [-0.15, -0.1) is 11.8 Å². The highest BCUT2D eigenvalue weighted by molar-refractivity contribution is 8.14. The third kappa shape index (κ3) is 3.92. The number of carbonyl (C=O) groups excluding carboxylic acids is 1. The molecule has 23 heavy (non-hydrogen) atoms. The smallest absolute Gasteiger partial charge is 0.158 e. The SMILES string of the molecule is CCOCCSC1=NC(C)=C(C(C)=O)[C@H](c2ccco2)C1C#N. The van der Waals surface area contributed by atoms with Crippen LogP contribution in [0.25, 0.3) is 0 Å². The van der Waals surface area contributed by atoms with E-state index >= 15 is 0 Å². The summed E-state index contributed by atoms with van der Waals surface area (Å²) in [6, 6.07) is 5.87. The second kappa shape index (κ2) is 8.14. The quantitative estimate of drug-likeness (QED) is 0.745. The average molecular weight is 332 g/mol. The van der Waals surface area contributed by atoms with E-state index in [4.69, 9.17) is 9.15 Å². The number of hydrogen-bond donors (Lipinski definition) is 0. The minimum Gasteiger partial charge on any atom is -0.469 e. The number of ether oxygens (including phenoxy) is 1. The third-order valence-corrected chi connectivity index (χ3v) is 4.64. The third-order valence-electron chi connectivity index (χ3n) is 3.63. The number of Topliss-reactive ketones (excluding diaryl/α,β-unsaturated/α-hetero) is 1. The first kappa shape index (κ1) is 17.5. The van der Waals surface area contributed by atoms with Crippen LogP contribution in [0, 0.1) is 17.2 Å². The Morgan fingerprint density at radius 2 is 2.35 bits per heavy atom. The molecule has 0 radical (unpaired) electrons. The van der Waals surface area contributed by atoms with E-state index in [9.17, 15) is 10.1 Å². The number of nitriles is 1. The second-order valence-electron chi connectivity index (χ2n) is 5.15. The van der Waals surface area contributed by atoms with Crippen LogP contribution in [-0.2, 0) is 9.53 Å². The molecular formula is C17H20N2O3S. The predicted octanol–water partition coefficient (Wildman–Crippen LogP) is 3.55. The molecule has 0 fully saturated rings. The Hall–Kier alpha value is -1.84. The lowest BCUT2D eigenvalue weighted by atomic mass is 9.80. The van der Waals surface area contributed by atoms with Gasteiger partial charge in [-0.1, -0.05) is 0 Å². The van der Waals surface area contributed by atoms with E-state index in [1.807, 2.05) is 13.8 Å². The standard InChI is InChI=1S/C17H20N2O3S/c1-4-21-8-9-23-17-13(10-18)16(14-6-5-7-22-14)15(12(3)20)11(2)19-17/h5-7,13,16H,4,8-9H2,1-3H3/t13?,16-/m0/s1. The highest BCUT2D eigenvalue weighted by atomic mass is 32.2. The Bertz CT molecular complexity index is 656. The lowest BCUT2D eigenvalue weighted by Gasteiger charge is -2.28. The molecule has 2 heterocycles. The molecule has 5 nitrogen and oxygen atoms in total. The first-order valence-electron chi connectivity index (χ1n) is 7.54. The van der Waals surface area contributed by atoms with Crippen LogP contribution in [0.2, 0.25) is 0 Å². The zero-order valence-corrected chi connectivity index (χ0v) is 14.4. The monoisotopic (exact) mass is 332 g/mol. The molecule has 1 aliphatic rings. The molecule has 0 spiro atoms. The summed E-state index contributed by atoms with van der Waals surface area (Å²) in [6.45, 7) is 6.53. The molecule has 1 aromatic rings. The number of nitrogens with zero attached hydrogens (tertiary/aromatic N) is 2. The van der Waals surface area contributed by atoms with E-state index < -0.39 is 11.8 Å². The molecule has 1 aliphatic heterocycles. The summed E-state index contributed by atoms with van der Waals surface area (Å²) < 4.78 is 10.8. The lowest BCUT2D eigenvalue weighted by Crippen LogP contribution is -2.28. The highest BCUT2D eigenvalue weighted by Crippen LogP contribution is 2.41. The number of hydrogen-bond acceptors (Lipinski definition) is 6. The number of carbonyl (C=O) groups is 1. The molecule has 0 amide bonds. The zero-order valence-electron chi connectivity index (χ0n) is 13.5. The van der Waals surface area contributed by atoms with Crippen LogP contribution in [0.1, 0.15) is 32.4 Å². The fourth-order valence-electron chi connectivity index (χ4n) is 2.68. The van der Waals surface area contributed by atoms with Gasteiger partial charge in [-0.3, -0.25) is 4.79 Å². The van der Waals surface area contributed by atoms with Crippen molar-refractivity contribution in [2.24, 2.45) is 10.9 Å². The van der Waals surface area contributed by atoms with Gasteiger partial charge in [0.05, 0.1) is 29.9 Å². The van der Waals surface area contributed by atoms with Crippen LogP contribution < -0.4 is 0 Å². The lowest BCUT2D eigenvalue weighted by molar-refractivity contribution is -0.114. The Balaban J connectivity index is 2.35. The second-order valence-corrected chi connectivity index (χ2v) is 6.27. The van der Waals surface area contributed by atoms with Crippen molar-refractivity contribution in [2.45, 2.75) is 26.7 Å². The maximum absolute atomic E-state index is 12.1. The van der Waals surface area contributed by atoms with Gasteiger partial charge in [0, 0.05) is 23.6 Å². The molecule has 0 saturated heterocycles. The van der Waals surface area contributed by atoms with E-state index in [1.165, 1.54) is 18.7 Å². The molecule has 1 unspecified atom stereocenters. The zero-order chi connectivity index (χ0) is 16.8. The van der Waals surface area contributed by atoms with E-state index in [0.29, 0.717) is 30.2 Å². The number of allylic oxidation sites excluding steroid dienone is 2. The van der Waals surface area contributed by atoms with E-state index in [1.54, 1.807) is 18.4 Å². The van der Waals surface area contributed by atoms with E-state index in [2.05, 4.69) is 11.1 Å². The molecule has 2 atom stereocenters. The maximum Gasteiger partial charge on any atom is 0.158 e. The van der Waals surface area contributed by atoms with Crippen molar-refractivity contribution < 1.29 is 13.9 Å². The van der Waals surface area contributed by atoms with Crippen molar-refractivity contribution in [1.82, 2.24) is 0 Å². The molecule has 0 saturated carbocycles. The number of aliphatic imine (C=N–C) groups is 1. The molecule has 0 bridgehead atoms. The van der Waals surface area contributed by atoms with Crippen LogP contribution in [-0.4, -0.2) is 29.8 Å². The van der Waals surface area contributed by atoms with E-state index in [0.717, 1.165) is 10.8 Å². The summed E-state index contributed by atoms with van der Waals surface area (Å²) in [7, 11) is 0. The first-order chi connectivity index (χ1) is 11.1. The minimum atomic E-state index is -0.518. The number of furan rings is 1. The minimum absolute atomic E-state index is 0.0775. The predicted molar refractivity (Wildman–Crippen MR) is 90.3 cm³/mol. The van der Waals surface area contributed by atoms with Gasteiger partial charge < -0.3 is 9.15 Å². The van der Waals surface area contributed by atoms with Gasteiger partial charge in [-0.25, -0.2) is 4.99 Å². The molecular weight excluding hydrogens is 312 g/mol. The summed E-state index contributed by atoms with van der Waals surface area (Å²) in [5, 5.41) is 10.4. The highest BCUT2D eigenvalue weighted by Gasteiger charge is 2.39. The molecule has 0 aromatic carbocycles. The summed E-state index contributed by atoms with van der Waals surface area (Å²) in [5.74, 6) is 0.346. The average Bonchev–Trinajstić information content (AvgIpc) is 3.04. The number of ketones is 1. The largest absolute Gasteiger partial charge is 0.469 e. The van der Waals surface area contributed by atoms with Gasteiger partial charge in [0.1, 0.15) is 11.7 Å². The molecule has 1 aromatic heterocycles. The van der Waals surface area contributed by atoms with Gasteiger partial charge in [0.2, 0.25) is 0 Å². The molecule has 2 rings (SSSR count). The maximum atomic E-state index is 12.1. The normalized spacial score (nSPS) is 21.0. The molecule has 6 heteroatoms. The van der Waals surface area contributed by atoms with Crippen LogP contribution in [0.5, 0.6) is 0 Å². The molecule has 122 valence electrons. The van der Waals surface area contributed by atoms with Crippen LogP contribution in [0.3, 0.4) is 0 Å². The van der Waals surface area contributed by atoms with Crippen LogP contribution >= 0.6 is 11.8 Å². The number of rotatable bonds is 6. The Morgan fingerprint density at radius 1 is 1.57 bits per heavy atom. The Morgan fingerprint density at radius 3 is 2.91 bits per heavy atom. The van der Waals surface area contributed by atoms with Gasteiger partial charge in [0.25, 0.3) is 0 Å². The topological polar surface area (TPSA) is 75.6 Å². The van der Waals surface area contributed by atoms with Gasteiger partial charge in [0.15, 0.2) is 5.78 Å². The fraction of sp³-hybridized carbons (Fsp3) is 0.471. The van der Waals surface area contributed by atoms with Gasteiger partial charge in [-0.2, -0.15) is 5.26 Å². The number of thioether (sulfide) groups is 1. The van der Waals surface area contributed by atoms with Crippen molar-refractivity contribution in [3.05, 3.63) is 35.4 Å². The van der Waals surface area contributed by atoms with Crippen molar-refractivity contribution >= 4 is 22.6 Å². The summed E-state index contributed by atoms with van der Waals surface area (Å²) in [5.41, 5.74) is 1.21. The fourth-order valence-corrected chi connectivity index (χ4v) is 3.66.